The van der Waals surface area contributed by atoms with Crippen molar-refractivity contribution in [1.82, 2.24) is 5.01 Å². The second kappa shape index (κ2) is 6.46. The zero-order chi connectivity index (χ0) is 17.3. The molecule has 9 heteroatoms. The van der Waals surface area contributed by atoms with Gasteiger partial charge >= 0.3 is 18.1 Å². The van der Waals surface area contributed by atoms with E-state index >= 15 is 0 Å². The molecule has 23 heavy (non-hydrogen) atoms. The second-order valence-corrected chi connectivity index (χ2v) is 5.75. The fourth-order valence-electron chi connectivity index (χ4n) is 2.95. The van der Waals surface area contributed by atoms with Gasteiger partial charge < -0.3 is 9.84 Å². The summed E-state index contributed by atoms with van der Waals surface area (Å²) >= 11 is 0. The summed E-state index contributed by atoms with van der Waals surface area (Å²) in [7, 11) is 0. The molecule has 0 unspecified atom stereocenters. The van der Waals surface area contributed by atoms with E-state index in [0.717, 1.165) is 19.3 Å². The third-order valence-corrected chi connectivity index (χ3v) is 4.18. The molecule has 0 saturated heterocycles. The first-order chi connectivity index (χ1) is 10.7. The number of nitrogens with zero attached hydrogens (tertiary/aromatic N) is 2. The minimum Gasteiger partial charge on any atom is -0.459 e. The lowest BCUT2D eigenvalue weighted by Crippen LogP contribution is -2.58. The molecular weight excluding hydrogens is 317 g/mol. The van der Waals surface area contributed by atoms with Gasteiger partial charge in [0, 0.05) is 12.1 Å². The first-order valence-electron chi connectivity index (χ1n) is 7.58. The van der Waals surface area contributed by atoms with E-state index in [1.54, 1.807) is 0 Å². The molecule has 1 aliphatic heterocycles. The van der Waals surface area contributed by atoms with Crippen LogP contribution in [0, 0.1) is 5.92 Å². The van der Waals surface area contributed by atoms with Crippen LogP contribution in [0.5, 0.6) is 0 Å². The number of amides is 1. The van der Waals surface area contributed by atoms with Crippen molar-refractivity contribution in [3.63, 3.8) is 0 Å². The lowest BCUT2D eigenvalue weighted by Gasteiger charge is -2.32. The number of ether oxygens (including phenoxy) is 1. The summed E-state index contributed by atoms with van der Waals surface area (Å²) in [5.41, 5.74) is -3.38. The van der Waals surface area contributed by atoms with Gasteiger partial charge in [-0.05, 0) is 25.7 Å². The summed E-state index contributed by atoms with van der Waals surface area (Å²) < 4.78 is 44.3. The van der Waals surface area contributed by atoms with Crippen molar-refractivity contribution in [3.05, 3.63) is 0 Å². The smallest absolute Gasteiger partial charge is 0.438 e. The van der Waals surface area contributed by atoms with Crippen LogP contribution in [0.2, 0.25) is 0 Å². The number of hydrogen-bond acceptors (Lipinski definition) is 5. The van der Waals surface area contributed by atoms with Crippen molar-refractivity contribution in [2.45, 2.75) is 57.3 Å². The Morgan fingerprint density at radius 3 is 2.48 bits per heavy atom. The highest BCUT2D eigenvalue weighted by Crippen LogP contribution is 2.43. The molecule has 1 amide bonds. The van der Waals surface area contributed by atoms with Gasteiger partial charge in [0.05, 0.1) is 6.61 Å². The van der Waals surface area contributed by atoms with Crippen LogP contribution in [-0.2, 0) is 14.3 Å². The summed E-state index contributed by atoms with van der Waals surface area (Å²) in [5.74, 6) is -3.29. The third kappa shape index (κ3) is 3.34. The number of halogens is 3. The first kappa shape index (κ1) is 17.7. The normalized spacial score (nSPS) is 26.1. The minimum atomic E-state index is -5.13. The number of aliphatic hydroxyl groups is 1. The number of rotatable bonds is 2. The van der Waals surface area contributed by atoms with Gasteiger partial charge in [-0.3, -0.25) is 4.79 Å². The topological polar surface area (TPSA) is 79.2 Å². The fourth-order valence-corrected chi connectivity index (χ4v) is 2.95. The Balaban J connectivity index is 2.30. The highest BCUT2D eigenvalue weighted by atomic mass is 19.4. The summed E-state index contributed by atoms with van der Waals surface area (Å²) in [6, 6.07) is 0. The summed E-state index contributed by atoms with van der Waals surface area (Å²) in [4.78, 5) is 23.4. The van der Waals surface area contributed by atoms with Crippen LogP contribution in [-0.4, -0.2) is 46.2 Å². The summed E-state index contributed by atoms with van der Waals surface area (Å²) in [5, 5.41) is 13.5. The molecule has 1 aliphatic carbocycles. The van der Waals surface area contributed by atoms with Crippen LogP contribution in [0.15, 0.2) is 5.10 Å². The Morgan fingerprint density at radius 1 is 1.35 bits per heavy atom. The van der Waals surface area contributed by atoms with Gasteiger partial charge in [0.15, 0.2) is 0 Å². The maximum absolute atomic E-state index is 13.3. The van der Waals surface area contributed by atoms with Crippen LogP contribution in [0.1, 0.15) is 45.4 Å². The van der Waals surface area contributed by atoms with Gasteiger partial charge in [-0.25, -0.2) is 4.79 Å². The molecule has 1 saturated carbocycles. The number of hydrogen-bond donors (Lipinski definition) is 1. The van der Waals surface area contributed by atoms with Crippen LogP contribution in [0.3, 0.4) is 0 Å². The Hall–Kier alpha value is -1.64. The van der Waals surface area contributed by atoms with E-state index in [1.165, 1.54) is 6.92 Å². The largest absolute Gasteiger partial charge is 0.459 e. The zero-order valence-electron chi connectivity index (χ0n) is 12.7. The van der Waals surface area contributed by atoms with Crippen molar-refractivity contribution < 1.29 is 32.6 Å². The lowest BCUT2D eigenvalue weighted by atomic mass is 9.83. The van der Waals surface area contributed by atoms with Crippen LogP contribution >= 0.6 is 0 Å². The van der Waals surface area contributed by atoms with E-state index in [0.29, 0.717) is 12.8 Å². The van der Waals surface area contributed by atoms with Crippen molar-refractivity contribution in [2.75, 3.05) is 6.61 Å². The molecule has 0 radical (unpaired) electrons. The molecule has 1 fully saturated rings. The van der Waals surface area contributed by atoms with Crippen LogP contribution < -0.4 is 0 Å². The maximum atomic E-state index is 13.3. The van der Waals surface area contributed by atoms with Gasteiger partial charge in [-0.2, -0.15) is 23.3 Å². The van der Waals surface area contributed by atoms with Gasteiger partial charge in [0.25, 0.3) is 5.72 Å². The minimum absolute atomic E-state index is 0.113. The lowest BCUT2D eigenvalue weighted by molar-refractivity contribution is -0.302. The molecule has 1 heterocycles. The van der Waals surface area contributed by atoms with E-state index in [9.17, 15) is 27.9 Å². The molecule has 2 aliphatic rings. The Bertz CT molecular complexity index is 515. The summed E-state index contributed by atoms with van der Waals surface area (Å²) in [6.07, 6.45) is -1.91. The standard InChI is InChI=1S/C14H19F3N2O4/c1-2-23-12(21)11(20)19-13(22,14(15,16)17)8-10(18-19)9-6-4-3-5-7-9/h9,22H,2-8H2,1H3/t13-/m0/s1. The Morgan fingerprint density at radius 2 is 1.96 bits per heavy atom. The average molecular weight is 336 g/mol. The van der Waals surface area contributed by atoms with Crippen LogP contribution in [0.25, 0.3) is 0 Å². The molecule has 0 spiro atoms. The maximum Gasteiger partial charge on any atom is 0.438 e. The van der Waals surface area contributed by atoms with E-state index in [4.69, 9.17) is 0 Å². The average Bonchev–Trinajstić information content (AvgIpc) is 2.86. The van der Waals surface area contributed by atoms with E-state index in [1.807, 2.05) is 0 Å². The molecular formula is C14H19F3N2O4. The summed E-state index contributed by atoms with van der Waals surface area (Å²) in [6.45, 7) is 1.25. The molecule has 0 aromatic carbocycles. The van der Waals surface area contributed by atoms with Crippen LogP contribution in [0.4, 0.5) is 13.2 Å². The number of carbonyl (C=O) groups excluding carboxylic acids is 2. The van der Waals surface area contributed by atoms with Crippen molar-refractivity contribution in [2.24, 2.45) is 11.0 Å². The van der Waals surface area contributed by atoms with Crippen molar-refractivity contribution >= 4 is 17.6 Å². The highest BCUT2D eigenvalue weighted by Gasteiger charge is 2.64. The number of esters is 1. The van der Waals surface area contributed by atoms with Gasteiger partial charge in [-0.15, -0.1) is 0 Å². The van der Waals surface area contributed by atoms with Crippen molar-refractivity contribution in [1.29, 1.82) is 0 Å². The fraction of sp³-hybridized carbons (Fsp3) is 0.786. The number of carbonyl (C=O) groups is 2. The number of hydrazone groups is 1. The molecule has 0 aromatic heterocycles. The Labute approximate surface area is 131 Å². The molecule has 0 bridgehead atoms. The molecule has 6 nitrogen and oxygen atoms in total. The monoisotopic (exact) mass is 336 g/mol. The molecule has 1 N–H and O–H groups in total. The van der Waals surface area contributed by atoms with Gasteiger partial charge in [0.1, 0.15) is 0 Å². The SMILES string of the molecule is CCOC(=O)C(=O)N1N=C(C2CCCCC2)C[C@]1(O)C(F)(F)F. The van der Waals surface area contributed by atoms with E-state index < -0.39 is 30.2 Å². The predicted octanol–water partition coefficient (Wildman–Crippen LogP) is 1.97. The quantitative estimate of drug-likeness (QED) is 0.618. The van der Waals surface area contributed by atoms with Crippen molar-refractivity contribution in [3.8, 4) is 0 Å². The second-order valence-electron chi connectivity index (χ2n) is 5.75. The van der Waals surface area contributed by atoms with E-state index in [2.05, 4.69) is 9.84 Å². The third-order valence-electron chi connectivity index (χ3n) is 4.18. The molecule has 0 aromatic rings. The van der Waals surface area contributed by atoms with Gasteiger partial charge in [0.2, 0.25) is 0 Å². The highest BCUT2D eigenvalue weighted by molar-refractivity contribution is 6.32. The predicted molar refractivity (Wildman–Crippen MR) is 73.1 cm³/mol. The molecule has 130 valence electrons. The zero-order valence-corrected chi connectivity index (χ0v) is 12.7. The molecule has 2 rings (SSSR count). The molecule has 1 atom stereocenters. The van der Waals surface area contributed by atoms with Gasteiger partial charge in [-0.1, -0.05) is 19.3 Å². The van der Waals surface area contributed by atoms with E-state index in [-0.39, 0.29) is 23.2 Å². The Kier molecular flexibility index (Phi) is 4.98. The first-order valence-corrected chi connectivity index (χ1v) is 7.58. The number of alkyl halides is 3.